The number of hydrogen-bond acceptors (Lipinski definition) is 1. The van der Waals surface area contributed by atoms with Gasteiger partial charge in [0.15, 0.2) is 0 Å². The number of hydrogen-bond donors (Lipinski definition) is 1. The average Bonchev–Trinajstić information content (AvgIpc) is 2.44. The van der Waals surface area contributed by atoms with Crippen LogP contribution >= 0.6 is 23.2 Å². The molecule has 1 aliphatic rings. The Bertz CT molecular complexity index is 442. The molecule has 19 heavy (non-hydrogen) atoms. The molecule has 2 rings (SSSR count). The maximum atomic E-state index is 6.09. The number of rotatable bonds is 5. The van der Waals surface area contributed by atoms with Gasteiger partial charge in [-0.3, -0.25) is 0 Å². The van der Waals surface area contributed by atoms with Crippen molar-refractivity contribution in [1.82, 2.24) is 5.32 Å². The Labute approximate surface area is 126 Å². The zero-order chi connectivity index (χ0) is 13.7. The van der Waals surface area contributed by atoms with Crippen molar-refractivity contribution in [3.63, 3.8) is 0 Å². The van der Waals surface area contributed by atoms with Gasteiger partial charge in [-0.15, -0.1) is 0 Å². The molecular weight excluding hydrogens is 277 g/mol. The molecule has 1 aromatic carbocycles. The topological polar surface area (TPSA) is 12.0 Å². The van der Waals surface area contributed by atoms with Crippen molar-refractivity contribution in [1.29, 1.82) is 0 Å². The molecule has 0 fully saturated rings. The van der Waals surface area contributed by atoms with Crippen LogP contribution in [0.15, 0.2) is 30.4 Å². The molecule has 0 saturated carbocycles. The van der Waals surface area contributed by atoms with Gasteiger partial charge in [0.1, 0.15) is 0 Å². The van der Waals surface area contributed by atoms with Gasteiger partial charge < -0.3 is 5.32 Å². The smallest absolute Gasteiger partial charge is 0.0595 e. The molecular formula is C16H21Cl2N. The molecule has 0 saturated heterocycles. The summed E-state index contributed by atoms with van der Waals surface area (Å²) in [6, 6.07) is 6.29. The summed E-state index contributed by atoms with van der Waals surface area (Å²) >= 11 is 12.1. The summed E-state index contributed by atoms with van der Waals surface area (Å²) in [6.45, 7) is 3.27. The Balaban J connectivity index is 1.95. The first-order chi connectivity index (χ1) is 9.20. The van der Waals surface area contributed by atoms with Gasteiger partial charge in [-0.25, -0.2) is 0 Å². The quantitative estimate of drug-likeness (QED) is 0.719. The predicted octanol–water partition coefficient (Wildman–Crippen LogP) is 5.39. The highest BCUT2D eigenvalue weighted by Crippen LogP contribution is 2.27. The lowest BCUT2D eigenvalue weighted by molar-refractivity contribution is 0.401. The third-order valence-corrected chi connectivity index (χ3v) is 4.52. The molecule has 0 radical (unpaired) electrons. The van der Waals surface area contributed by atoms with Crippen molar-refractivity contribution < 1.29 is 0 Å². The molecule has 0 spiro atoms. The summed E-state index contributed by atoms with van der Waals surface area (Å²) in [7, 11) is 0. The van der Waals surface area contributed by atoms with Crippen LogP contribution in [-0.2, 0) is 0 Å². The van der Waals surface area contributed by atoms with Gasteiger partial charge in [0, 0.05) is 6.04 Å². The number of allylic oxidation sites excluding steroid dienone is 2. The lowest BCUT2D eigenvalue weighted by atomic mass is 9.93. The first kappa shape index (κ1) is 14.9. The second kappa shape index (κ2) is 7.33. The summed E-state index contributed by atoms with van der Waals surface area (Å²) < 4.78 is 0. The third kappa shape index (κ3) is 4.24. The fraction of sp³-hybridized carbons (Fsp3) is 0.500. The molecule has 1 aromatic rings. The Morgan fingerprint density at radius 2 is 2.11 bits per heavy atom. The molecule has 1 aliphatic carbocycles. The highest BCUT2D eigenvalue weighted by atomic mass is 35.5. The summed E-state index contributed by atoms with van der Waals surface area (Å²) in [5.74, 6) is 0.766. The van der Waals surface area contributed by atoms with Gasteiger partial charge in [-0.2, -0.15) is 0 Å². The zero-order valence-electron chi connectivity index (χ0n) is 11.3. The molecule has 104 valence electrons. The molecule has 2 atom stereocenters. The number of halogens is 2. The SMILES string of the molecule is CCC(NCC1CC=CCC1)c1ccc(Cl)c(Cl)c1. The highest BCUT2D eigenvalue weighted by Gasteiger charge is 2.14. The first-order valence-electron chi connectivity index (χ1n) is 7.04. The zero-order valence-corrected chi connectivity index (χ0v) is 12.8. The maximum absolute atomic E-state index is 6.09. The van der Waals surface area contributed by atoms with E-state index in [-0.39, 0.29) is 0 Å². The van der Waals surface area contributed by atoms with E-state index in [1.807, 2.05) is 12.1 Å². The second-order valence-corrected chi connectivity index (χ2v) is 6.01. The van der Waals surface area contributed by atoms with Gasteiger partial charge >= 0.3 is 0 Å². The van der Waals surface area contributed by atoms with E-state index in [1.54, 1.807) is 0 Å². The molecule has 3 heteroatoms. The van der Waals surface area contributed by atoms with Gasteiger partial charge in [0.2, 0.25) is 0 Å². The summed E-state index contributed by atoms with van der Waals surface area (Å²) in [4.78, 5) is 0. The minimum absolute atomic E-state index is 0.362. The molecule has 2 unspecified atom stereocenters. The fourth-order valence-corrected chi connectivity index (χ4v) is 2.88. The summed E-state index contributed by atoms with van der Waals surface area (Å²) in [6.07, 6.45) is 9.35. The largest absolute Gasteiger partial charge is 0.310 e. The van der Waals surface area contributed by atoms with Gasteiger partial charge in [-0.05, 0) is 55.8 Å². The molecule has 0 amide bonds. The molecule has 1 N–H and O–H groups in total. The van der Waals surface area contributed by atoms with Crippen LogP contribution in [0.2, 0.25) is 10.0 Å². The van der Waals surface area contributed by atoms with Crippen molar-refractivity contribution in [2.24, 2.45) is 5.92 Å². The monoisotopic (exact) mass is 297 g/mol. The van der Waals surface area contributed by atoms with Crippen LogP contribution < -0.4 is 5.32 Å². The average molecular weight is 298 g/mol. The maximum Gasteiger partial charge on any atom is 0.0595 e. The van der Waals surface area contributed by atoms with E-state index in [4.69, 9.17) is 23.2 Å². The fourth-order valence-electron chi connectivity index (χ4n) is 2.58. The standard InChI is InChI=1S/C16H21Cl2N/c1-2-16(13-8-9-14(17)15(18)10-13)19-11-12-6-4-3-5-7-12/h3-4,8-10,12,16,19H,2,5-7,11H2,1H3. The van der Waals surface area contributed by atoms with E-state index in [1.165, 1.54) is 24.8 Å². The van der Waals surface area contributed by atoms with Crippen LogP contribution in [-0.4, -0.2) is 6.54 Å². The van der Waals surface area contributed by atoms with Crippen molar-refractivity contribution >= 4 is 23.2 Å². The van der Waals surface area contributed by atoms with Crippen molar-refractivity contribution in [2.45, 2.75) is 38.6 Å². The predicted molar refractivity (Wildman–Crippen MR) is 84.0 cm³/mol. The van der Waals surface area contributed by atoms with Gasteiger partial charge in [-0.1, -0.05) is 48.3 Å². The minimum Gasteiger partial charge on any atom is -0.310 e. The Morgan fingerprint density at radius 1 is 1.26 bits per heavy atom. The van der Waals surface area contributed by atoms with E-state index < -0.39 is 0 Å². The van der Waals surface area contributed by atoms with E-state index in [2.05, 4.69) is 30.5 Å². The van der Waals surface area contributed by atoms with E-state index in [0.717, 1.165) is 18.9 Å². The Morgan fingerprint density at radius 3 is 2.74 bits per heavy atom. The van der Waals surface area contributed by atoms with Crippen LogP contribution in [0.1, 0.15) is 44.2 Å². The van der Waals surface area contributed by atoms with Crippen LogP contribution in [0.3, 0.4) is 0 Å². The van der Waals surface area contributed by atoms with E-state index in [9.17, 15) is 0 Å². The van der Waals surface area contributed by atoms with Crippen molar-refractivity contribution in [3.05, 3.63) is 46.0 Å². The van der Waals surface area contributed by atoms with Crippen molar-refractivity contribution in [3.8, 4) is 0 Å². The second-order valence-electron chi connectivity index (χ2n) is 5.19. The molecule has 0 bridgehead atoms. The van der Waals surface area contributed by atoms with E-state index >= 15 is 0 Å². The number of benzene rings is 1. The highest BCUT2D eigenvalue weighted by molar-refractivity contribution is 6.42. The van der Waals surface area contributed by atoms with E-state index in [0.29, 0.717) is 16.1 Å². The normalized spacial score (nSPS) is 20.5. The molecule has 0 aliphatic heterocycles. The first-order valence-corrected chi connectivity index (χ1v) is 7.79. The Kier molecular flexibility index (Phi) is 5.75. The molecule has 0 aromatic heterocycles. The molecule has 0 heterocycles. The summed E-state index contributed by atoms with van der Waals surface area (Å²) in [5, 5.41) is 4.93. The van der Waals surface area contributed by atoms with Crippen LogP contribution in [0.4, 0.5) is 0 Å². The van der Waals surface area contributed by atoms with Crippen LogP contribution in [0, 0.1) is 5.92 Å². The summed E-state index contributed by atoms with van der Waals surface area (Å²) in [5.41, 5.74) is 1.23. The Hall–Kier alpha value is -0.500. The lowest BCUT2D eigenvalue weighted by Crippen LogP contribution is -2.27. The lowest BCUT2D eigenvalue weighted by Gasteiger charge is -2.23. The number of nitrogens with one attached hydrogen (secondary N) is 1. The van der Waals surface area contributed by atoms with Gasteiger partial charge in [0.05, 0.1) is 10.0 Å². The minimum atomic E-state index is 0.362. The van der Waals surface area contributed by atoms with Crippen LogP contribution in [0.25, 0.3) is 0 Å². The molecule has 1 nitrogen and oxygen atoms in total. The third-order valence-electron chi connectivity index (χ3n) is 3.78. The van der Waals surface area contributed by atoms with Crippen molar-refractivity contribution in [2.75, 3.05) is 6.54 Å². The van der Waals surface area contributed by atoms with Gasteiger partial charge in [0.25, 0.3) is 0 Å². The van der Waals surface area contributed by atoms with Crippen LogP contribution in [0.5, 0.6) is 0 Å².